The number of aromatic nitrogens is 2. The zero-order valence-electron chi connectivity index (χ0n) is 13.0. The van der Waals surface area contributed by atoms with E-state index < -0.39 is 0 Å². The Labute approximate surface area is 122 Å². The fraction of sp³-hybridized carbons (Fsp3) is 0.600. The van der Waals surface area contributed by atoms with Crippen LogP contribution in [0.1, 0.15) is 31.2 Å². The number of unbranched alkanes of at least 4 members (excludes halogenated alkanes) is 3. The molecule has 112 valence electrons. The van der Waals surface area contributed by atoms with E-state index in [4.69, 9.17) is 0 Å². The van der Waals surface area contributed by atoms with E-state index in [1.807, 2.05) is 37.2 Å². The molecule has 0 aliphatic rings. The van der Waals surface area contributed by atoms with Crippen LogP contribution >= 0.6 is 0 Å². The minimum absolute atomic E-state index is 0.751. The van der Waals surface area contributed by atoms with Crippen LogP contribution in [0, 0.1) is 0 Å². The van der Waals surface area contributed by atoms with Gasteiger partial charge in [0.25, 0.3) is 0 Å². The second-order valence-electron chi connectivity index (χ2n) is 4.98. The van der Waals surface area contributed by atoms with Gasteiger partial charge in [-0.05, 0) is 19.3 Å². The van der Waals surface area contributed by atoms with Crippen LogP contribution in [-0.2, 0) is 13.6 Å². The topological polar surface area (TPSA) is 45.4 Å². The highest BCUT2D eigenvalue weighted by Crippen LogP contribution is 2.02. The maximum Gasteiger partial charge on any atom is 0.193 e. The summed E-state index contributed by atoms with van der Waals surface area (Å²) in [6, 6.07) is 0. The molecule has 0 aliphatic carbocycles. The summed E-state index contributed by atoms with van der Waals surface area (Å²) in [6.45, 7) is 5.51. The first-order chi connectivity index (χ1) is 9.67. The molecule has 1 N–H and O–H groups in total. The van der Waals surface area contributed by atoms with Crippen molar-refractivity contribution >= 4 is 5.96 Å². The van der Waals surface area contributed by atoms with Crippen LogP contribution in [-0.4, -0.2) is 41.3 Å². The van der Waals surface area contributed by atoms with Crippen molar-refractivity contribution in [1.29, 1.82) is 0 Å². The Morgan fingerprint density at radius 2 is 2.30 bits per heavy atom. The normalized spacial score (nSPS) is 11.4. The maximum absolute atomic E-state index is 4.31. The fourth-order valence-corrected chi connectivity index (χ4v) is 2.05. The van der Waals surface area contributed by atoms with Crippen molar-refractivity contribution in [3.63, 3.8) is 0 Å². The van der Waals surface area contributed by atoms with Gasteiger partial charge in [-0.25, -0.2) is 0 Å². The summed E-state index contributed by atoms with van der Waals surface area (Å²) in [6.07, 6.45) is 10.6. The summed E-state index contributed by atoms with van der Waals surface area (Å²) in [4.78, 5) is 6.48. The number of aryl methyl sites for hydroxylation is 1. The van der Waals surface area contributed by atoms with Gasteiger partial charge in [-0.2, -0.15) is 5.10 Å². The van der Waals surface area contributed by atoms with Gasteiger partial charge in [0.15, 0.2) is 5.96 Å². The molecule has 5 nitrogen and oxygen atoms in total. The van der Waals surface area contributed by atoms with Crippen molar-refractivity contribution in [3.8, 4) is 0 Å². The Balaban J connectivity index is 2.28. The fourth-order valence-electron chi connectivity index (χ4n) is 2.05. The monoisotopic (exact) mass is 277 g/mol. The van der Waals surface area contributed by atoms with Gasteiger partial charge in [-0.1, -0.05) is 12.5 Å². The van der Waals surface area contributed by atoms with Gasteiger partial charge in [-0.3, -0.25) is 9.67 Å². The van der Waals surface area contributed by atoms with E-state index in [1.165, 1.54) is 19.3 Å². The summed E-state index contributed by atoms with van der Waals surface area (Å²) in [7, 11) is 5.82. The number of nitrogens with one attached hydrogen (secondary N) is 1. The highest BCUT2D eigenvalue weighted by molar-refractivity contribution is 5.79. The third-order valence-electron chi connectivity index (χ3n) is 3.18. The van der Waals surface area contributed by atoms with Gasteiger partial charge < -0.3 is 10.2 Å². The smallest absolute Gasteiger partial charge is 0.193 e. The average Bonchev–Trinajstić information content (AvgIpc) is 2.85. The number of allylic oxidation sites excluding steroid dienone is 1. The third-order valence-corrected chi connectivity index (χ3v) is 3.18. The zero-order valence-corrected chi connectivity index (χ0v) is 13.0. The van der Waals surface area contributed by atoms with Crippen molar-refractivity contribution in [2.45, 2.75) is 32.2 Å². The van der Waals surface area contributed by atoms with E-state index in [9.17, 15) is 0 Å². The molecule has 0 aliphatic heterocycles. The summed E-state index contributed by atoms with van der Waals surface area (Å²) in [5.41, 5.74) is 1.16. The Hall–Kier alpha value is -1.78. The predicted molar refractivity (Wildman–Crippen MR) is 84.7 cm³/mol. The van der Waals surface area contributed by atoms with Crippen molar-refractivity contribution in [1.82, 2.24) is 20.0 Å². The lowest BCUT2D eigenvalue weighted by Gasteiger charge is -2.21. The highest BCUT2D eigenvalue weighted by atomic mass is 15.3. The summed E-state index contributed by atoms with van der Waals surface area (Å²) < 4.78 is 1.81. The average molecular weight is 277 g/mol. The van der Waals surface area contributed by atoms with Gasteiger partial charge in [0.2, 0.25) is 0 Å². The molecule has 1 aromatic heterocycles. The number of rotatable bonds is 8. The highest BCUT2D eigenvalue weighted by Gasteiger charge is 2.05. The van der Waals surface area contributed by atoms with E-state index >= 15 is 0 Å². The van der Waals surface area contributed by atoms with Crippen LogP contribution in [0.15, 0.2) is 30.0 Å². The predicted octanol–water partition coefficient (Wildman–Crippen LogP) is 2.17. The Kier molecular flexibility index (Phi) is 7.47. The molecule has 1 heterocycles. The van der Waals surface area contributed by atoms with Crippen molar-refractivity contribution < 1.29 is 0 Å². The van der Waals surface area contributed by atoms with Crippen LogP contribution < -0.4 is 5.32 Å². The van der Waals surface area contributed by atoms with E-state index in [0.29, 0.717) is 0 Å². The number of guanidine groups is 1. The lowest BCUT2D eigenvalue weighted by molar-refractivity contribution is 0.455. The summed E-state index contributed by atoms with van der Waals surface area (Å²) in [5.74, 6) is 0.928. The molecule has 0 spiro atoms. The summed E-state index contributed by atoms with van der Waals surface area (Å²) in [5, 5.41) is 7.52. The first-order valence-corrected chi connectivity index (χ1v) is 7.17. The number of hydrogen-bond acceptors (Lipinski definition) is 2. The quantitative estimate of drug-likeness (QED) is 0.343. The first kappa shape index (κ1) is 16.3. The van der Waals surface area contributed by atoms with Gasteiger partial charge >= 0.3 is 0 Å². The van der Waals surface area contributed by atoms with Crippen molar-refractivity contribution in [2.75, 3.05) is 20.6 Å². The van der Waals surface area contributed by atoms with Crippen molar-refractivity contribution in [3.05, 3.63) is 30.6 Å². The van der Waals surface area contributed by atoms with Crippen LogP contribution in [0.2, 0.25) is 0 Å². The summed E-state index contributed by atoms with van der Waals surface area (Å²) >= 11 is 0. The molecule has 0 aromatic carbocycles. The van der Waals surface area contributed by atoms with Crippen molar-refractivity contribution in [2.24, 2.45) is 12.0 Å². The molecule has 0 atom stereocenters. The largest absolute Gasteiger partial charge is 0.352 e. The van der Waals surface area contributed by atoms with E-state index in [-0.39, 0.29) is 0 Å². The molecule has 0 radical (unpaired) electrons. The number of hydrogen-bond donors (Lipinski definition) is 1. The lowest BCUT2D eigenvalue weighted by Crippen LogP contribution is -2.38. The van der Waals surface area contributed by atoms with Gasteiger partial charge in [0.1, 0.15) is 0 Å². The third kappa shape index (κ3) is 5.91. The number of aliphatic imine (C=N–C) groups is 1. The van der Waals surface area contributed by atoms with Crippen LogP contribution in [0.3, 0.4) is 0 Å². The minimum Gasteiger partial charge on any atom is -0.352 e. The standard InChI is InChI=1S/C15H27N5/c1-5-6-7-8-9-10-19(3)15(16-2)17-11-14-12-18-20(4)13-14/h5,12-13H,1,6-11H2,2-4H3,(H,16,17). The molecule has 1 rings (SSSR count). The van der Waals surface area contributed by atoms with Crippen LogP contribution in [0.25, 0.3) is 0 Å². The lowest BCUT2D eigenvalue weighted by atomic mass is 10.2. The Morgan fingerprint density at radius 1 is 1.50 bits per heavy atom. The molecular formula is C15H27N5. The molecular weight excluding hydrogens is 250 g/mol. The van der Waals surface area contributed by atoms with E-state index in [1.54, 1.807) is 0 Å². The van der Waals surface area contributed by atoms with Gasteiger partial charge in [0.05, 0.1) is 6.20 Å². The molecule has 1 aromatic rings. The molecule has 0 bridgehead atoms. The molecule has 5 heteroatoms. The van der Waals surface area contributed by atoms with Crippen LogP contribution in [0.4, 0.5) is 0 Å². The van der Waals surface area contributed by atoms with Crippen LogP contribution in [0.5, 0.6) is 0 Å². The molecule has 20 heavy (non-hydrogen) atoms. The second-order valence-corrected chi connectivity index (χ2v) is 4.98. The maximum atomic E-state index is 4.31. The molecule has 0 saturated carbocycles. The minimum atomic E-state index is 0.751. The zero-order chi connectivity index (χ0) is 14.8. The first-order valence-electron chi connectivity index (χ1n) is 7.17. The molecule has 0 amide bonds. The van der Waals surface area contributed by atoms with Gasteiger partial charge in [0, 0.05) is 46.0 Å². The SMILES string of the molecule is C=CCCCCCN(C)C(=NC)NCc1cnn(C)c1. The van der Waals surface area contributed by atoms with E-state index in [2.05, 4.69) is 33.9 Å². The molecule has 0 unspecified atom stereocenters. The van der Waals surface area contributed by atoms with Gasteiger partial charge in [-0.15, -0.1) is 6.58 Å². The molecule has 0 fully saturated rings. The number of nitrogens with zero attached hydrogens (tertiary/aromatic N) is 4. The van der Waals surface area contributed by atoms with E-state index in [0.717, 1.165) is 31.0 Å². The Morgan fingerprint density at radius 3 is 2.90 bits per heavy atom. The Bertz CT molecular complexity index is 422. The molecule has 0 saturated heterocycles. The second kappa shape index (κ2) is 9.18.